The van der Waals surface area contributed by atoms with Gasteiger partial charge in [0.2, 0.25) is 0 Å². The maximum atomic E-state index is 14.3. The molecule has 0 amide bonds. The topological polar surface area (TPSA) is 0 Å². The molecule has 0 aliphatic rings. The summed E-state index contributed by atoms with van der Waals surface area (Å²) in [4.78, 5) is 0. The van der Waals surface area contributed by atoms with Crippen LogP contribution in [-0.4, -0.2) is 202 Å². The van der Waals surface area contributed by atoms with Crippen molar-refractivity contribution in [3.63, 3.8) is 0 Å². The molecule has 0 aliphatic carbocycles. The summed E-state index contributed by atoms with van der Waals surface area (Å²) in [5.74, 6) is -308. The fourth-order valence-corrected chi connectivity index (χ4v) is 7.37. The van der Waals surface area contributed by atoms with Gasteiger partial charge in [-0.3, -0.25) is 0 Å². The molecule has 0 radical (unpaired) electrons. The van der Waals surface area contributed by atoms with Crippen molar-refractivity contribution in [2.75, 3.05) is 11.5 Å². The molecule has 0 rings (SSSR count). The second-order valence-corrected chi connectivity index (χ2v) is 20.8. The van der Waals surface area contributed by atoms with Crippen LogP contribution in [0.1, 0.15) is 12.8 Å². The maximum absolute atomic E-state index is 14.3. The molecule has 0 aromatic rings. The molecule has 0 heterocycles. The number of thioether (sulfide) groups is 1. The van der Waals surface area contributed by atoms with Crippen molar-refractivity contribution >= 4 is 11.8 Å². The first-order valence-electron chi connectivity index (χ1n) is 22.3. The van der Waals surface area contributed by atoms with Gasteiger partial charge in [-0.25, -0.2) is 0 Å². The third-order valence-electron chi connectivity index (χ3n) is 13.0. The first-order valence-corrected chi connectivity index (χ1v) is 23.4. The van der Waals surface area contributed by atoms with Crippen molar-refractivity contribution in [3.05, 3.63) is 0 Å². The fraction of sp³-hybridized carbons (Fsp3) is 1.00. The number of rotatable bonds is 34. The summed E-state index contributed by atoms with van der Waals surface area (Å²) in [6, 6.07) is 0. The highest BCUT2D eigenvalue weighted by molar-refractivity contribution is 7.99. The van der Waals surface area contributed by atoms with Crippen LogP contribution in [0.15, 0.2) is 0 Å². The van der Waals surface area contributed by atoms with Gasteiger partial charge in [0.05, 0.1) is 0 Å². The number of hydrogen-bond acceptors (Lipinski definition) is 1. The summed E-state index contributed by atoms with van der Waals surface area (Å²) in [5, 5.41) is 0. The monoisotopic (exact) mass is 1730 g/mol. The predicted octanol–water partition coefficient (Wildman–Crippen LogP) is 22.7. The van der Waals surface area contributed by atoms with Gasteiger partial charge in [0, 0.05) is 12.8 Å². The molecule has 0 unspecified atom stereocenters. The zero-order valence-corrected chi connectivity index (χ0v) is 45.0. The Kier molecular flexibility index (Phi) is 23.6. The fourth-order valence-electron chi connectivity index (χ4n) is 6.36. The lowest BCUT2D eigenvalue weighted by Gasteiger charge is -2.47. The summed E-state index contributed by atoms with van der Waals surface area (Å²) in [6.45, 7) is 0. The lowest BCUT2D eigenvalue weighted by molar-refractivity contribution is -0.491. The first kappa shape index (κ1) is 98.7. The van der Waals surface area contributed by atoms with E-state index in [1.807, 2.05) is 0 Å². The van der Waals surface area contributed by atoms with E-state index in [4.69, 9.17) is 0 Å². The summed E-state index contributed by atoms with van der Waals surface area (Å²) >= 11 is -1.94. The Morgan fingerprint density at radius 3 is 0.272 bits per heavy atom. The average Bonchev–Trinajstić information content (AvgIpc) is 0.683. The second kappa shape index (κ2) is 24.6. The van der Waals surface area contributed by atoms with Crippen molar-refractivity contribution in [3.8, 4) is 0 Å². The third-order valence-corrected chi connectivity index (χ3v) is 14.0. The van der Waals surface area contributed by atoms with Crippen LogP contribution in [0.3, 0.4) is 0 Å². The van der Waals surface area contributed by atoms with Gasteiger partial charge in [-0.1, -0.05) is 0 Å². The van der Waals surface area contributed by atoms with Gasteiger partial charge < -0.3 is 0 Å². The Labute approximate surface area is 517 Å². The van der Waals surface area contributed by atoms with E-state index < -0.39 is 226 Å². The van der Waals surface area contributed by atoms with E-state index in [1.165, 1.54) is 0 Å². The average molecular weight is 1730 g/mol. The maximum Gasteiger partial charge on any atom is 0.460 e. The van der Waals surface area contributed by atoms with Crippen molar-refractivity contribution in [2.24, 2.45) is 0 Å². The van der Waals surface area contributed by atoms with Crippen molar-refractivity contribution in [1.82, 2.24) is 0 Å². The Morgan fingerprint density at radius 1 is 0.107 bits per heavy atom. The lowest BCUT2D eigenvalue weighted by atomic mass is 9.82. The Morgan fingerprint density at radius 2 is 0.184 bits per heavy atom. The van der Waals surface area contributed by atoms with E-state index in [9.17, 15) is 290 Å². The molecule has 0 spiro atoms. The van der Waals surface area contributed by atoms with Crippen LogP contribution in [0.25, 0.3) is 0 Å². The molecule has 0 N–H and O–H groups in total. The minimum absolute atomic E-state index is 1.94. The standard InChI is InChI=1S/C36H8F66S/c37-5(38,7(41,42)9(45,46)11(49,50)13(53,54)15(57,58)17(61,62)19(65,66)21(69,70)23(73,74)25(77,78)27(81,82)29(85,86)31(89,90)33(93,94)35(97,98)99)1-3-103-4-2-6(39,40)8(43,44)10(47,48)12(51,52)14(55,56)16(59,60)18(63,64)20(67,68)22(71,72)24(75,76)26(79,80)28(83,84)30(87,88)32(91,92)34(95,96)36(100,101)102/h1-4H2. The van der Waals surface area contributed by atoms with E-state index in [0.717, 1.165) is 0 Å². The molecule has 67 heteroatoms. The van der Waals surface area contributed by atoms with Gasteiger partial charge >= 0.3 is 190 Å². The highest BCUT2D eigenvalue weighted by Crippen LogP contribution is 2.74. The molecule has 0 bridgehead atoms. The molecule has 103 heavy (non-hydrogen) atoms. The van der Waals surface area contributed by atoms with Crippen LogP contribution in [-0.2, 0) is 0 Å². The minimum atomic E-state index is -10.7. The van der Waals surface area contributed by atoms with Crippen LogP contribution >= 0.6 is 11.8 Å². The molecule has 0 saturated carbocycles. The van der Waals surface area contributed by atoms with Gasteiger partial charge in [0.15, 0.2) is 0 Å². The van der Waals surface area contributed by atoms with Gasteiger partial charge in [-0.2, -0.15) is 302 Å². The van der Waals surface area contributed by atoms with E-state index in [-0.39, 0.29) is 0 Å². The van der Waals surface area contributed by atoms with Gasteiger partial charge in [0.1, 0.15) is 0 Å². The predicted molar refractivity (Wildman–Crippen MR) is 187 cm³/mol. The van der Waals surface area contributed by atoms with Crippen LogP contribution in [0.2, 0.25) is 0 Å². The van der Waals surface area contributed by atoms with E-state index in [2.05, 4.69) is 0 Å². The normalized spacial score (nSPS) is 17.4. The Bertz CT molecular complexity index is 2770. The van der Waals surface area contributed by atoms with Crippen LogP contribution in [0, 0.1) is 0 Å². The van der Waals surface area contributed by atoms with Gasteiger partial charge in [0.25, 0.3) is 0 Å². The molecule has 0 saturated heterocycles. The molecule has 0 nitrogen and oxygen atoms in total. The Hall–Kier alpha value is -4.27. The molecular weight excluding hydrogens is 1720 g/mol. The highest BCUT2D eigenvalue weighted by Gasteiger charge is 3.05. The zero-order chi connectivity index (χ0) is 85.5. The first-order chi connectivity index (χ1) is 43.2. The van der Waals surface area contributed by atoms with E-state index in [0.29, 0.717) is 0 Å². The number of hydrogen-bond donors (Lipinski definition) is 0. The van der Waals surface area contributed by atoms with E-state index in [1.54, 1.807) is 0 Å². The summed E-state index contributed by atoms with van der Waals surface area (Å²) < 4.78 is 911. The SMILES string of the molecule is FC(F)(F)C(F)(F)C(F)(F)C(F)(F)C(F)(F)C(F)(F)C(F)(F)C(F)(F)C(F)(F)C(F)(F)C(F)(F)C(F)(F)C(F)(F)C(F)(F)C(F)(F)C(F)(F)CCSCCC(F)(F)C(F)(F)C(F)(F)C(F)(F)C(F)(F)C(F)(F)C(F)(F)C(F)(F)C(F)(F)C(F)(F)C(F)(F)C(F)(F)C(F)(F)C(F)(F)C(F)(F)C(F)(F)F. The molecule has 0 aromatic heterocycles. The summed E-state index contributed by atoms with van der Waals surface area (Å²) in [6.07, 6.45) is -25.7. The van der Waals surface area contributed by atoms with Crippen LogP contribution < -0.4 is 0 Å². The quantitative estimate of drug-likeness (QED) is 0.0457. The minimum Gasteiger partial charge on any atom is -0.200 e. The molecule has 0 atom stereocenters. The molecular formula is C36H8F66S. The third kappa shape index (κ3) is 11.8. The largest absolute Gasteiger partial charge is 0.460 e. The van der Waals surface area contributed by atoms with Gasteiger partial charge in [-0.05, 0) is 11.5 Å². The van der Waals surface area contributed by atoms with Gasteiger partial charge in [-0.15, -0.1) is 0 Å². The van der Waals surface area contributed by atoms with Crippen LogP contribution in [0.5, 0.6) is 0 Å². The van der Waals surface area contributed by atoms with Crippen molar-refractivity contribution in [2.45, 2.75) is 203 Å². The second-order valence-electron chi connectivity index (χ2n) is 19.6. The van der Waals surface area contributed by atoms with Crippen LogP contribution in [0.4, 0.5) is 290 Å². The molecule has 0 aromatic carbocycles. The number of alkyl halides is 66. The molecule has 620 valence electrons. The lowest BCUT2D eigenvalue weighted by Crippen LogP contribution is -2.80. The smallest absolute Gasteiger partial charge is 0.200 e. The van der Waals surface area contributed by atoms with E-state index >= 15 is 0 Å². The zero-order valence-electron chi connectivity index (χ0n) is 44.2. The Balaban J connectivity index is 7.45. The summed E-state index contributed by atoms with van der Waals surface area (Å²) in [7, 11) is 0. The molecule has 0 aliphatic heterocycles. The summed E-state index contributed by atoms with van der Waals surface area (Å²) in [5.41, 5.74) is 0. The molecule has 0 fully saturated rings. The van der Waals surface area contributed by atoms with Crippen molar-refractivity contribution < 1.29 is 290 Å². The van der Waals surface area contributed by atoms with Crippen molar-refractivity contribution in [1.29, 1.82) is 0 Å². The number of halogens is 66. The highest BCUT2D eigenvalue weighted by atomic mass is 32.2.